The number of aliphatic hydroxyl groups is 1. The number of sulfone groups is 1. The highest BCUT2D eigenvalue weighted by Gasteiger charge is 2.31. The second kappa shape index (κ2) is 8.19. The van der Waals surface area contributed by atoms with Crippen molar-refractivity contribution < 1.29 is 26.7 Å². The Morgan fingerprint density at radius 3 is 2.65 bits per heavy atom. The SMILES string of the molecule is O=S1(=O)CCC(Nc2cccc3c2cc(-c2cnn(CCO)c2)n3CC(F)(F)F)CC1. The number of halogens is 3. The molecule has 0 spiro atoms. The first kappa shape index (κ1) is 21.7. The molecule has 31 heavy (non-hydrogen) atoms. The number of aromatic nitrogens is 3. The Morgan fingerprint density at radius 1 is 1.23 bits per heavy atom. The van der Waals surface area contributed by atoms with Crippen LogP contribution < -0.4 is 5.32 Å². The summed E-state index contributed by atoms with van der Waals surface area (Å²) in [5.41, 5.74) is 1.99. The molecule has 0 unspecified atom stereocenters. The topological polar surface area (TPSA) is 89.2 Å². The minimum absolute atomic E-state index is 0.0594. The highest BCUT2D eigenvalue weighted by atomic mass is 32.2. The summed E-state index contributed by atoms with van der Waals surface area (Å²) >= 11 is 0. The van der Waals surface area contributed by atoms with Gasteiger partial charge >= 0.3 is 6.18 Å². The maximum Gasteiger partial charge on any atom is 0.406 e. The summed E-state index contributed by atoms with van der Waals surface area (Å²) in [6, 6.07) is 6.76. The third kappa shape index (κ3) is 4.87. The zero-order chi connectivity index (χ0) is 22.2. The van der Waals surface area contributed by atoms with Crippen molar-refractivity contribution in [3.63, 3.8) is 0 Å². The largest absolute Gasteiger partial charge is 0.406 e. The van der Waals surface area contributed by atoms with Gasteiger partial charge in [0, 0.05) is 28.9 Å². The van der Waals surface area contributed by atoms with E-state index in [1.165, 1.54) is 15.4 Å². The van der Waals surface area contributed by atoms with E-state index in [4.69, 9.17) is 5.11 Å². The fourth-order valence-electron chi connectivity index (χ4n) is 3.97. The summed E-state index contributed by atoms with van der Waals surface area (Å²) in [5.74, 6) is 0.204. The van der Waals surface area contributed by atoms with Crippen molar-refractivity contribution in [1.82, 2.24) is 14.3 Å². The maximum atomic E-state index is 13.4. The first-order valence-corrected chi connectivity index (χ1v) is 11.8. The van der Waals surface area contributed by atoms with Gasteiger partial charge in [-0.05, 0) is 31.0 Å². The van der Waals surface area contributed by atoms with Crippen molar-refractivity contribution in [3.05, 3.63) is 36.7 Å². The number of fused-ring (bicyclic) bond motifs is 1. The molecule has 3 aromatic rings. The molecule has 0 atom stereocenters. The second-order valence-corrected chi connectivity index (χ2v) is 10.1. The minimum atomic E-state index is -4.41. The summed E-state index contributed by atoms with van der Waals surface area (Å²) < 4.78 is 66.2. The lowest BCUT2D eigenvalue weighted by Gasteiger charge is -2.24. The third-order valence-electron chi connectivity index (χ3n) is 5.46. The van der Waals surface area contributed by atoms with E-state index >= 15 is 0 Å². The van der Waals surface area contributed by atoms with Crippen LogP contribution in [0.1, 0.15) is 12.8 Å². The summed E-state index contributed by atoms with van der Waals surface area (Å²) in [7, 11) is -3.01. The van der Waals surface area contributed by atoms with E-state index in [0.717, 1.165) is 0 Å². The van der Waals surface area contributed by atoms with Crippen LogP contribution in [0.5, 0.6) is 0 Å². The molecule has 0 aliphatic carbocycles. The normalized spacial score (nSPS) is 17.3. The lowest BCUT2D eigenvalue weighted by atomic mass is 10.1. The van der Waals surface area contributed by atoms with Crippen LogP contribution >= 0.6 is 0 Å². The Hall–Kier alpha value is -2.53. The van der Waals surface area contributed by atoms with Gasteiger partial charge in [-0.3, -0.25) is 4.68 Å². The Kier molecular flexibility index (Phi) is 5.73. The zero-order valence-electron chi connectivity index (χ0n) is 16.6. The molecular weight excluding hydrogens is 433 g/mol. The van der Waals surface area contributed by atoms with Gasteiger partial charge in [0.15, 0.2) is 0 Å². The van der Waals surface area contributed by atoms with Crippen LogP contribution in [0.25, 0.3) is 22.2 Å². The van der Waals surface area contributed by atoms with Crippen molar-refractivity contribution >= 4 is 26.4 Å². The summed E-state index contributed by atoms with van der Waals surface area (Å²) in [4.78, 5) is 0. The van der Waals surface area contributed by atoms with Gasteiger partial charge in [0.1, 0.15) is 16.4 Å². The van der Waals surface area contributed by atoms with E-state index in [1.807, 2.05) is 0 Å². The van der Waals surface area contributed by atoms with Crippen molar-refractivity contribution in [1.29, 1.82) is 0 Å². The van der Waals surface area contributed by atoms with Crippen LogP contribution in [0, 0.1) is 0 Å². The number of benzene rings is 1. The van der Waals surface area contributed by atoms with Gasteiger partial charge in [0.2, 0.25) is 0 Å². The average Bonchev–Trinajstić information content (AvgIpc) is 3.28. The Balaban J connectivity index is 1.74. The molecule has 2 aromatic heterocycles. The van der Waals surface area contributed by atoms with Gasteiger partial charge in [-0.15, -0.1) is 0 Å². The quantitative estimate of drug-likeness (QED) is 0.595. The molecule has 0 saturated carbocycles. The van der Waals surface area contributed by atoms with Crippen molar-refractivity contribution in [2.45, 2.75) is 38.1 Å². The number of rotatable bonds is 6. The summed E-state index contributed by atoms with van der Waals surface area (Å²) in [5, 5.41) is 17.2. The number of alkyl halides is 3. The second-order valence-electron chi connectivity index (χ2n) is 7.76. The molecule has 1 aliphatic rings. The van der Waals surface area contributed by atoms with Crippen LogP contribution in [-0.4, -0.2) is 58.2 Å². The van der Waals surface area contributed by atoms with Gasteiger partial charge in [0.05, 0.1) is 42.1 Å². The molecule has 168 valence electrons. The molecule has 3 heterocycles. The van der Waals surface area contributed by atoms with Gasteiger partial charge in [-0.25, -0.2) is 8.42 Å². The molecule has 0 bridgehead atoms. The molecule has 1 aliphatic heterocycles. The highest BCUT2D eigenvalue weighted by molar-refractivity contribution is 7.91. The number of nitrogens with zero attached hydrogens (tertiary/aromatic N) is 3. The van der Waals surface area contributed by atoms with E-state index < -0.39 is 22.6 Å². The van der Waals surface area contributed by atoms with Gasteiger partial charge in [0.25, 0.3) is 0 Å². The molecule has 1 aromatic carbocycles. The number of hydrogen-bond acceptors (Lipinski definition) is 5. The van der Waals surface area contributed by atoms with E-state index in [1.54, 1.807) is 30.5 Å². The Bertz CT molecular complexity index is 1170. The number of anilines is 1. The molecular formula is C20H23F3N4O3S. The van der Waals surface area contributed by atoms with Crippen LogP contribution in [0.3, 0.4) is 0 Å². The van der Waals surface area contributed by atoms with Crippen molar-refractivity contribution in [2.75, 3.05) is 23.4 Å². The predicted octanol–water partition coefficient (Wildman–Crippen LogP) is 3.05. The summed E-state index contributed by atoms with van der Waals surface area (Å²) in [6.45, 7) is -1.03. The highest BCUT2D eigenvalue weighted by Crippen LogP contribution is 2.35. The van der Waals surface area contributed by atoms with Crippen molar-refractivity contribution in [2.24, 2.45) is 0 Å². The van der Waals surface area contributed by atoms with Gasteiger partial charge < -0.3 is 15.0 Å². The zero-order valence-corrected chi connectivity index (χ0v) is 17.5. The first-order valence-electron chi connectivity index (χ1n) is 9.95. The smallest absolute Gasteiger partial charge is 0.394 e. The maximum absolute atomic E-state index is 13.4. The van der Waals surface area contributed by atoms with Crippen LogP contribution in [-0.2, 0) is 22.9 Å². The molecule has 1 fully saturated rings. The van der Waals surface area contributed by atoms with Crippen LogP contribution in [0.4, 0.5) is 18.9 Å². The van der Waals surface area contributed by atoms with E-state index in [-0.39, 0.29) is 30.7 Å². The molecule has 2 N–H and O–H groups in total. The number of nitrogens with one attached hydrogen (secondary N) is 1. The number of aliphatic hydroxyl groups excluding tert-OH is 1. The van der Waals surface area contributed by atoms with Crippen molar-refractivity contribution in [3.8, 4) is 11.3 Å². The molecule has 0 radical (unpaired) electrons. The average molecular weight is 456 g/mol. The molecule has 1 saturated heterocycles. The standard InChI is InChI=1S/C20H23F3N4O3S/c21-20(22,23)13-27-18-3-1-2-17(25-15-4-8-31(29,30)9-5-15)16(18)10-19(27)14-11-24-26(12-14)6-7-28/h1-3,10-12,15,25,28H,4-9,13H2. The number of hydrogen-bond donors (Lipinski definition) is 2. The predicted molar refractivity (Wildman–Crippen MR) is 112 cm³/mol. The lowest BCUT2D eigenvalue weighted by molar-refractivity contribution is -0.139. The van der Waals surface area contributed by atoms with E-state index in [0.29, 0.717) is 40.7 Å². The lowest BCUT2D eigenvalue weighted by Crippen LogP contribution is -2.32. The Labute approximate surface area is 177 Å². The van der Waals surface area contributed by atoms with Gasteiger partial charge in [-0.1, -0.05) is 6.07 Å². The molecule has 11 heteroatoms. The minimum Gasteiger partial charge on any atom is -0.394 e. The fraction of sp³-hybridized carbons (Fsp3) is 0.450. The molecule has 4 rings (SSSR count). The molecule has 7 nitrogen and oxygen atoms in total. The monoisotopic (exact) mass is 456 g/mol. The fourth-order valence-corrected chi connectivity index (χ4v) is 5.47. The molecule has 0 amide bonds. The summed E-state index contributed by atoms with van der Waals surface area (Å²) in [6.07, 6.45) is -0.402. The van der Waals surface area contributed by atoms with E-state index in [2.05, 4.69) is 10.4 Å². The van der Waals surface area contributed by atoms with Gasteiger partial charge in [-0.2, -0.15) is 18.3 Å². The third-order valence-corrected chi connectivity index (χ3v) is 7.17. The van der Waals surface area contributed by atoms with E-state index in [9.17, 15) is 21.6 Å². The van der Waals surface area contributed by atoms with Crippen LogP contribution in [0.15, 0.2) is 36.7 Å². The van der Waals surface area contributed by atoms with Crippen LogP contribution in [0.2, 0.25) is 0 Å². The first-order chi connectivity index (χ1) is 14.6. The Morgan fingerprint density at radius 2 is 1.97 bits per heavy atom.